The summed E-state index contributed by atoms with van der Waals surface area (Å²) in [5, 5.41) is 0. The van der Waals surface area contributed by atoms with Gasteiger partial charge in [0.05, 0.1) is 0 Å². The maximum absolute atomic E-state index is 11.9. The van der Waals surface area contributed by atoms with Gasteiger partial charge >= 0.3 is 0 Å². The van der Waals surface area contributed by atoms with E-state index in [0.29, 0.717) is 5.78 Å². The van der Waals surface area contributed by atoms with Gasteiger partial charge in [0.25, 0.3) is 0 Å². The molecule has 1 aliphatic rings. The Kier molecular flexibility index (Phi) is 4.94. The van der Waals surface area contributed by atoms with E-state index >= 15 is 0 Å². The summed E-state index contributed by atoms with van der Waals surface area (Å²) >= 11 is 0. The number of benzene rings is 1. The Morgan fingerprint density at radius 2 is 2.06 bits per heavy atom. The number of Topliss-reactive ketones (excluding diaryl/α,β-unsaturated/α-hetero) is 1. The van der Waals surface area contributed by atoms with Crippen LogP contribution in [0.5, 0.6) is 0 Å². The molecule has 1 atom stereocenters. The van der Waals surface area contributed by atoms with Crippen LogP contribution < -0.4 is 0 Å². The molecule has 98 valence electrons. The van der Waals surface area contributed by atoms with Gasteiger partial charge in [-0.15, -0.1) is 0 Å². The van der Waals surface area contributed by atoms with Crippen molar-refractivity contribution in [3.05, 3.63) is 35.9 Å². The van der Waals surface area contributed by atoms with Gasteiger partial charge in [0.15, 0.2) is 0 Å². The lowest BCUT2D eigenvalue weighted by Gasteiger charge is -2.31. The van der Waals surface area contributed by atoms with E-state index < -0.39 is 0 Å². The largest absolute Gasteiger partial charge is 0.299 e. The van der Waals surface area contributed by atoms with Gasteiger partial charge in [0.1, 0.15) is 5.78 Å². The lowest BCUT2D eigenvalue weighted by atomic mass is 9.91. The molecule has 2 rings (SSSR count). The zero-order valence-corrected chi connectivity index (χ0v) is 11.3. The van der Waals surface area contributed by atoms with Crippen molar-refractivity contribution >= 4 is 5.78 Å². The lowest BCUT2D eigenvalue weighted by Crippen LogP contribution is -2.40. The van der Waals surface area contributed by atoms with E-state index in [1.54, 1.807) is 0 Å². The van der Waals surface area contributed by atoms with Gasteiger partial charge in [-0.25, -0.2) is 0 Å². The van der Waals surface area contributed by atoms with Gasteiger partial charge in [-0.1, -0.05) is 50.1 Å². The van der Waals surface area contributed by atoms with Crippen molar-refractivity contribution in [2.24, 2.45) is 5.92 Å². The predicted octanol–water partition coefficient (Wildman–Crippen LogP) is 3.27. The van der Waals surface area contributed by atoms with E-state index in [9.17, 15) is 4.79 Å². The van der Waals surface area contributed by atoms with Gasteiger partial charge < -0.3 is 0 Å². The van der Waals surface area contributed by atoms with Crippen molar-refractivity contribution in [3.8, 4) is 0 Å². The third-order valence-corrected chi connectivity index (χ3v) is 3.76. The Labute approximate surface area is 110 Å². The van der Waals surface area contributed by atoms with Gasteiger partial charge in [0, 0.05) is 32.0 Å². The summed E-state index contributed by atoms with van der Waals surface area (Å²) in [6, 6.07) is 10.5. The second-order valence-corrected chi connectivity index (χ2v) is 5.28. The molecule has 0 aliphatic carbocycles. The van der Waals surface area contributed by atoms with E-state index in [1.165, 1.54) is 18.4 Å². The number of unbranched alkanes of at least 4 members (excludes halogenated alkanes) is 1. The average Bonchev–Trinajstić information content (AvgIpc) is 2.40. The van der Waals surface area contributed by atoms with Crippen LogP contribution in [-0.4, -0.2) is 23.8 Å². The van der Waals surface area contributed by atoms with Crippen LogP contribution in [0.15, 0.2) is 30.3 Å². The molecule has 1 aromatic carbocycles. The normalized spacial score (nSPS) is 21.2. The maximum Gasteiger partial charge on any atom is 0.138 e. The average molecular weight is 245 g/mol. The van der Waals surface area contributed by atoms with E-state index in [4.69, 9.17) is 0 Å². The first kappa shape index (κ1) is 13.3. The molecule has 1 saturated heterocycles. The molecule has 0 radical (unpaired) electrons. The molecule has 0 amide bonds. The summed E-state index contributed by atoms with van der Waals surface area (Å²) in [5.41, 5.74) is 1.35. The first-order chi connectivity index (χ1) is 8.79. The van der Waals surface area contributed by atoms with Crippen molar-refractivity contribution in [3.63, 3.8) is 0 Å². The Hall–Kier alpha value is -1.15. The first-order valence-corrected chi connectivity index (χ1v) is 7.08. The number of hydrogen-bond acceptors (Lipinski definition) is 2. The van der Waals surface area contributed by atoms with E-state index in [0.717, 1.165) is 32.5 Å². The van der Waals surface area contributed by atoms with Gasteiger partial charge in [-0.05, 0) is 12.0 Å². The van der Waals surface area contributed by atoms with E-state index in [1.807, 2.05) is 6.07 Å². The molecular weight excluding hydrogens is 222 g/mol. The number of ketones is 1. The fraction of sp³-hybridized carbons (Fsp3) is 0.562. The number of likely N-dealkylation sites (tertiary alicyclic amines) is 1. The van der Waals surface area contributed by atoms with Crippen molar-refractivity contribution in [1.29, 1.82) is 0 Å². The van der Waals surface area contributed by atoms with Gasteiger partial charge in [-0.3, -0.25) is 9.69 Å². The summed E-state index contributed by atoms with van der Waals surface area (Å²) in [6.07, 6.45) is 4.17. The molecule has 0 bridgehead atoms. The second kappa shape index (κ2) is 6.69. The minimum atomic E-state index is 0.280. The van der Waals surface area contributed by atoms with Gasteiger partial charge in [-0.2, -0.15) is 0 Å². The summed E-state index contributed by atoms with van der Waals surface area (Å²) in [4.78, 5) is 14.3. The molecule has 0 unspecified atom stereocenters. The van der Waals surface area contributed by atoms with E-state index in [-0.39, 0.29) is 5.92 Å². The maximum atomic E-state index is 11.9. The van der Waals surface area contributed by atoms with Crippen LogP contribution in [0.1, 0.15) is 38.2 Å². The minimum Gasteiger partial charge on any atom is -0.299 e. The molecular formula is C16H23NO. The number of carbonyl (C=O) groups excluding carboxylic acids is 1. The molecule has 1 aromatic rings. The third-order valence-electron chi connectivity index (χ3n) is 3.76. The zero-order valence-electron chi connectivity index (χ0n) is 11.3. The molecule has 2 nitrogen and oxygen atoms in total. The van der Waals surface area contributed by atoms with Crippen LogP contribution in [0.3, 0.4) is 0 Å². The summed E-state index contributed by atoms with van der Waals surface area (Å²) in [6.45, 7) is 5.05. The highest BCUT2D eigenvalue weighted by Gasteiger charge is 2.26. The summed E-state index contributed by atoms with van der Waals surface area (Å²) < 4.78 is 0. The van der Waals surface area contributed by atoms with Crippen LogP contribution in [-0.2, 0) is 11.3 Å². The van der Waals surface area contributed by atoms with Crippen molar-refractivity contribution in [2.75, 3.05) is 13.1 Å². The third kappa shape index (κ3) is 3.67. The Morgan fingerprint density at radius 3 is 2.78 bits per heavy atom. The monoisotopic (exact) mass is 245 g/mol. The summed E-state index contributed by atoms with van der Waals surface area (Å²) in [7, 11) is 0. The van der Waals surface area contributed by atoms with Crippen LogP contribution in [0.4, 0.5) is 0 Å². The molecule has 0 spiro atoms. The fourth-order valence-electron chi connectivity index (χ4n) is 2.67. The first-order valence-electron chi connectivity index (χ1n) is 7.08. The van der Waals surface area contributed by atoms with Crippen LogP contribution in [0.25, 0.3) is 0 Å². The molecule has 0 N–H and O–H groups in total. The van der Waals surface area contributed by atoms with Crippen LogP contribution in [0, 0.1) is 5.92 Å². The van der Waals surface area contributed by atoms with Crippen molar-refractivity contribution < 1.29 is 4.79 Å². The molecule has 1 aliphatic heterocycles. The number of rotatable bonds is 5. The molecule has 0 aromatic heterocycles. The highest BCUT2D eigenvalue weighted by Crippen LogP contribution is 2.20. The summed E-state index contributed by atoms with van der Waals surface area (Å²) in [5.74, 6) is 0.759. The second-order valence-electron chi connectivity index (χ2n) is 5.28. The van der Waals surface area contributed by atoms with Crippen molar-refractivity contribution in [1.82, 2.24) is 4.90 Å². The molecule has 0 saturated carbocycles. The number of carbonyl (C=O) groups is 1. The Balaban J connectivity index is 1.89. The minimum absolute atomic E-state index is 0.280. The van der Waals surface area contributed by atoms with Crippen LogP contribution in [0.2, 0.25) is 0 Å². The molecule has 18 heavy (non-hydrogen) atoms. The predicted molar refractivity (Wildman–Crippen MR) is 74.4 cm³/mol. The number of piperidine rings is 1. The topological polar surface area (TPSA) is 20.3 Å². The standard InChI is InChI=1S/C16H23NO/c1-2-3-9-15-13-17(11-10-16(15)18)12-14-7-5-4-6-8-14/h4-8,15H,2-3,9-13H2,1H3/t15-/m0/s1. The SMILES string of the molecule is CCCC[C@H]1CN(Cc2ccccc2)CCC1=O. The smallest absolute Gasteiger partial charge is 0.138 e. The molecule has 1 heterocycles. The zero-order chi connectivity index (χ0) is 12.8. The number of nitrogens with zero attached hydrogens (tertiary/aromatic N) is 1. The Bertz CT molecular complexity index is 374. The highest BCUT2D eigenvalue weighted by molar-refractivity contribution is 5.82. The number of hydrogen-bond donors (Lipinski definition) is 0. The fourth-order valence-corrected chi connectivity index (χ4v) is 2.67. The van der Waals surface area contributed by atoms with E-state index in [2.05, 4.69) is 36.1 Å². The molecule has 1 fully saturated rings. The Morgan fingerprint density at radius 1 is 1.28 bits per heavy atom. The lowest BCUT2D eigenvalue weighted by molar-refractivity contribution is -0.126. The van der Waals surface area contributed by atoms with Crippen molar-refractivity contribution in [2.45, 2.75) is 39.2 Å². The highest BCUT2D eigenvalue weighted by atomic mass is 16.1. The van der Waals surface area contributed by atoms with Gasteiger partial charge in [0.2, 0.25) is 0 Å². The quantitative estimate of drug-likeness (QED) is 0.793. The van der Waals surface area contributed by atoms with Crippen LogP contribution >= 0.6 is 0 Å². The molecule has 2 heteroatoms.